The molecule has 1 aromatic carbocycles. The van der Waals surface area contributed by atoms with Crippen molar-refractivity contribution in [3.8, 4) is 22.8 Å². The van der Waals surface area contributed by atoms with Gasteiger partial charge in [0, 0.05) is 18.8 Å². The fourth-order valence-electron chi connectivity index (χ4n) is 2.95. The molecule has 0 aliphatic rings. The summed E-state index contributed by atoms with van der Waals surface area (Å²) in [5.74, 6) is -0.569. The molecule has 28 heavy (non-hydrogen) atoms. The number of halogens is 1. The number of aromatic nitrogens is 7. The van der Waals surface area contributed by atoms with E-state index in [-0.39, 0.29) is 11.5 Å². The molecule has 4 aromatic rings. The summed E-state index contributed by atoms with van der Waals surface area (Å²) in [6.07, 6.45) is 3.33. The van der Waals surface area contributed by atoms with E-state index in [0.29, 0.717) is 18.1 Å². The number of hydrogen-bond donors (Lipinski definition) is 1. The van der Waals surface area contributed by atoms with Gasteiger partial charge in [-0.2, -0.15) is 5.10 Å². The maximum absolute atomic E-state index is 14.7. The van der Waals surface area contributed by atoms with Gasteiger partial charge in [-0.3, -0.25) is 4.68 Å². The highest BCUT2D eigenvalue weighted by Crippen LogP contribution is 2.28. The normalized spacial score (nSPS) is 11.1. The average Bonchev–Trinajstić information content (AvgIpc) is 3.29. The van der Waals surface area contributed by atoms with Gasteiger partial charge in [0.05, 0.1) is 18.4 Å². The van der Waals surface area contributed by atoms with Crippen LogP contribution in [-0.2, 0) is 13.6 Å². The minimum absolute atomic E-state index is 0.0275. The lowest BCUT2D eigenvalue weighted by Gasteiger charge is -2.10. The molecule has 0 aliphatic carbocycles. The SMILES string of the molecule is Cc1cccc(-c2nc(N)c(F)c(-c3cn(Cc4ccnn4C)nn3)n2)c1C. The molecule has 0 bridgehead atoms. The first-order valence-electron chi connectivity index (χ1n) is 8.71. The predicted octanol–water partition coefficient (Wildman–Crippen LogP) is 2.52. The molecule has 0 spiro atoms. The third-order valence-electron chi connectivity index (χ3n) is 4.75. The Morgan fingerprint density at radius 3 is 2.71 bits per heavy atom. The van der Waals surface area contributed by atoms with Crippen molar-refractivity contribution < 1.29 is 4.39 Å². The molecule has 0 aliphatic heterocycles. The summed E-state index contributed by atoms with van der Waals surface area (Å²) in [6, 6.07) is 7.67. The topological polar surface area (TPSA) is 100 Å². The molecule has 2 N–H and O–H groups in total. The molecule has 4 rings (SSSR count). The highest BCUT2D eigenvalue weighted by molar-refractivity contribution is 5.67. The lowest BCUT2D eigenvalue weighted by Crippen LogP contribution is -2.06. The number of benzene rings is 1. The van der Waals surface area contributed by atoms with Gasteiger partial charge in [0.15, 0.2) is 17.5 Å². The molecule has 0 saturated carbocycles. The van der Waals surface area contributed by atoms with Gasteiger partial charge in [0.25, 0.3) is 0 Å². The number of nitrogen functional groups attached to an aromatic ring is 1. The predicted molar refractivity (Wildman–Crippen MR) is 103 cm³/mol. The zero-order chi connectivity index (χ0) is 19.8. The van der Waals surface area contributed by atoms with E-state index in [1.54, 1.807) is 21.8 Å². The van der Waals surface area contributed by atoms with E-state index in [2.05, 4.69) is 25.4 Å². The number of nitrogens with two attached hydrogens (primary N) is 1. The summed E-state index contributed by atoms with van der Waals surface area (Å²) in [6.45, 7) is 4.42. The standard InChI is InChI=1S/C19H19FN8/c1-11-5-4-6-14(12(11)2)19-23-17(16(20)18(21)24-19)15-10-28(26-25-15)9-13-7-8-22-27(13)3/h4-8,10H,9H2,1-3H3,(H2,21,23,24). The molecule has 0 amide bonds. The van der Waals surface area contributed by atoms with Crippen molar-refractivity contribution in [2.45, 2.75) is 20.4 Å². The number of anilines is 1. The van der Waals surface area contributed by atoms with Crippen LogP contribution in [0.2, 0.25) is 0 Å². The Hall–Kier alpha value is -3.62. The summed E-state index contributed by atoms with van der Waals surface area (Å²) >= 11 is 0. The number of hydrogen-bond acceptors (Lipinski definition) is 6. The first-order valence-corrected chi connectivity index (χ1v) is 8.71. The van der Waals surface area contributed by atoms with Crippen molar-refractivity contribution in [3.05, 3.63) is 59.3 Å². The Kier molecular flexibility index (Phi) is 4.34. The van der Waals surface area contributed by atoms with E-state index < -0.39 is 5.82 Å². The largest absolute Gasteiger partial charge is 0.381 e. The quantitative estimate of drug-likeness (QED) is 0.586. The van der Waals surface area contributed by atoms with Crippen molar-refractivity contribution in [2.75, 3.05) is 5.73 Å². The first-order chi connectivity index (χ1) is 13.4. The van der Waals surface area contributed by atoms with Crippen LogP contribution in [0.15, 0.2) is 36.7 Å². The summed E-state index contributed by atoms with van der Waals surface area (Å²) in [4.78, 5) is 8.54. The zero-order valence-electron chi connectivity index (χ0n) is 15.8. The maximum Gasteiger partial charge on any atom is 0.193 e. The van der Waals surface area contributed by atoms with Crippen molar-refractivity contribution in [1.29, 1.82) is 0 Å². The van der Waals surface area contributed by atoms with E-state index in [0.717, 1.165) is 22.4 Å². The molecule has 0 saturated heterocycles. The number of aryl methyl sites for hydroxylation is 2. The monoisotopic (exact) mass is 378 g/mol. The third-order valence-corrected chi connectivity index (χ3v) is 4.75. The Labute approximate surface area is 160 Å². The van der Waals surface area contributed by atoms with Gasteiger partial charge in [-0.15, -0.1) is 5.10 Å². The van der Waals surface area contributed by atoms with Crippen LogP contribution in [0.4, 0.5) is 10.2 Å². The highest BCUT2D eigenvalue weighted by atomic mass is 19.1. The molecule has 0 unspecified atom stereocenters. The summed E-state index contributed by atoms with van der Waals surface area (Å²) < 4.78 is 18.0. The van der Waals surface area contributed by atoms with Gasteiger partial charge in [0.2, 0.25) is 0 Å². The fourth-order valence-corrected chi connectivity index (χ4v) is 2.95. The molecular formula is C19H19FN8. The van der Waals surface area contributed by atoms with Crippen LogP contribution in [0, 0.1) is 19.7 Å². The van der Waals surface area contributed by atoms with E-state index in [9.17, 15) is 4.39 Å². The number of rotatable bonds is 4. The minimum atomic E-state index is -0.707. The van der Waals surface area contributed by atoms with E-state index in [1.165, 1.54) is 0 Å². The third kappa shape index (κ3) is 3.11. The molecule has 8 nitrogen and oxygen atoms in total. The van der Waals surface area contributed by atoms with Gasteiger partial charge in [-0.25, -0.2) is 19.0 Å². The van der Waals surface area contributed by atoms with Crippen molar-refractivity contribution in [3.63, 3.8) is 0 Å². The Balaban J connectivity index is 1.75. The molecule has 0 fully saturated rings. The minimum Gasteiger partial charge on any atom is -0.381 e. The lowest BCUT2D eigenvalue weighted by molar-refractivity contribution is 0.600. The van der Waals surface area contributed by atoms with E-state index in [1.807, 2.05) is 45.2 Å². The smallest absolute Gasteiger partial charge is 0.193 e. The van der Waals surface area contributed by atoms with Crippen molar-refractivity contribution in [1.82, 2.24) is 34.7 Å². The summed E-state index contributed by atoms with van der Waals surface area (Å²) in [7, 11) is 1.84. The van der Waals surface area contributed by atoms with Crippen molar-refractivity contribution in [2.24, 2.45) is 7.05 Å². The highest BCUT2D eigenvalue weighted by Gasteiger charge is 2.19. The Bertz CT molecular complexity index is 1160. The first kappa shape index (κ1) is 17.8. The molecule has 0 atom stereocenters. The van der Waals surface area contributed by atoms with Crippen LogP contribution in [-0.4, -0.2) is 34.7 Å². The lowest BCUT2D eigenvalue weighted by atomic mass is 10.0. The molecule has 3 heterocycles. The summed E-state index contributed by atoms with van der Waals surface area (Å²) in [5, 5.41) is 12.3. The van der Waals surface area contributed by atoms with Crippen LogP contribution in [0.5, 0.6) is 0 Å². The van der Waals surface area contributed by atoms with Crippen LogP contribution < -0.4 is 5.73 Å². The number of nitrogens with zero attached hydrogens (tertiary/aromatic N) is 7. The van der Waals surface area contributed by atoms with Gasteiger partial charge < -0.3 is 5.73 Å². The van der Waals surface area contributed by atoms with Crippen molar-refractivity contribution >= 4 is 5.82 Å². The zero-order valence-corrected chi connectivity index (χ0v) is 15.8. The van der Waals surface area contributed by atoms with Crippen LogP contribution in [0.25, 0.3) is 22.8 Å². The van der Waals surface area contributed by atoms with E-state index in [4.69, 9.17) is 5.73 Å². The van der Waals surface area contributed by atoms with Crippen LogP contribution >= 0.6 is 0 Å². The van der Waals surface area contributed by atoms with Gasteiger partial charge >= 0.3 is 0 Å². The van der Waals surface area contributed by atoms with Crippen LogP contribution in [0.3, 0.4) is 0 Å². The molecular weight excluding hydrogens is 359 g/mol. The second kappa shape index (κ2) is 6.84. The van der Waals surface area contributed by atoms with Gasteiger partial charge in [-0.05, 0) is 31.0 Å². The Morgan fingerprint density at radius 1 is 1.14 bits per heavy atom. The van der Waals surface area contributed by atoms with Gasteiger partial charge in [0.1, 0.15) is 11.4 Å². The molecule has 9 heteroatoms. The average molecular weight is 378 g/mol. The van der Waals surface area contributed by atoms with Gasteiger partial charge in [-0.1, -0.05) is 23.4 Å². The van der Waals surface area contributed by atoms with E-state index >= 15 is 0 Å². The maximum atomic E-state index is 14.7. The molecule has 142 valence electrons. The second-order valence-electron chi connectivity index (χ2n) is 6.59. The van der Waals surface area contributed by atoms with Crippen LogP contribution in [0.1, 0.15) is 16.8 Å². The fraction of sp³-hybridized carbons (Fsp3) is 0.211. The molecule has 3 aromatic heterocycles. The Morgan fingerprint density at radius 2 is 1.96 bits per heavy atom. The second-order valence-corrected chi connectivity index (χ2v) is 6.59. The summed E-state index contributed by atoms with van der Waals surface area (Å²) in [5.41, 5.74) is 9.99. The molecule has 0 radical (unpaired) electrons.